The number of nitrogens with zero attached hydrogens (tertiary/aromatic N) is 4. The molecule has 9 atom stereocenters. The number of benzene rings is 16. The molecule has 6 aliphatic rings. The van der Waals surface area contributed by atoms with Crippen molar-refractivity contribution in [3.05, 3.63) is 408 Å². The van der Waals surface area contributed by atoms with Crippen LogP contribution >= 0.6 is 0 Å². The Morgan fingerprint density at radius 2 is 0.905 bits per heavy atom. The highest BCUT2D eigenvalue weighted by Crippen LogP contribution is 2.65. The SMILES string of the molecule is Cc1ccccc1C(C)(C)c1ccc(N(c2ccc(-c3ccc(-c4cccc5c4c4ccccc4n5-c4ccc(-c5ccc(N(c6ccc7c(c6)C6(CC8C[C@@H](C)C[C@@H]6C[C@H]8C)c6ccccc6C7(C)C)c6cccc7ccccc67)cc5)cc4)cc3)cc2)c2ccc(-c3cccc(-n4c5ccccc5c5ccccc54)c3)cc2)cc1[C@@H](C)CC1C[C@@H]2CC[C@H]1C2. The van der Waals surface area contributed by atoms with Gasteiger partial charge in [0.15, 0.2) is 0 Å². The highest BCUT2D eigenvalue weighted by Gasteiger charge is 2.57. The van der Waals surface area contributed by atoms with E-state index in [0.717, 1.165) is 58.0 Å². The monoisotopic (exact) mass is 1630 g/mol. The molecule has 16 aromatic carbocycles. The number of para-hydroxylation sites is 3. The zero-order valence-electron chi connectivity index (χ0n) is 73.9. The van der Waals surface area contributed by atoms with Gasteiger partial charge in [-0.15, -0.1) is 0 Å². The molecule has 1 spiro atoms. The van der Waals surface area contributed by atoms with Gasteiger partial charge in [0, 0.05) is 83.0 Å². The number of anilines is 6. The molecule has 0 radical (unpaired) electrons. The standard InChI is InChI=1S/C122H110N4/c1-78-68-93-77-122(94(69-78)71-80(93)3)112-36-17-16-35-110(112)121(7,8)111-67-65-101(76-113(111)122)124(114-40-22-26-88-25-10-11-29-102(88)114)97-60-50-85(51-61-97)86-52-62-98(63-53-86)125-117-39-20-14-32-106(117)119-103(33-23-41-118(119)125)89-46-44-83(45-47-89)84-48-56-95(57-49-84)123(96-58-54-87(55-59-96)90-27-21-28-99(74-90)126-115-37-18-12-30-104(115)105-31-13-19-38-116(105)126)100-64-66-109(120(5,6)108-34-15-9-24-79(108)2)107(75-100)81(4)70-92-73-82-42-43-91(92)72-82/h9-41,44-67,74-76,78,80-82,91-94H,42-43,68-73,77H2,1-8H3/t78-,80-,81+,82-,91+,92?,93?,94-,122?/m1/s1. The van der Waals surface area contributed by atoms with Gasteiger partial charge in [0.25, 0.3) is 0 Å². The minimum absolute atomic E-state index is 0.0448. The van der Waals surface area contributed by atoms with Gasteiger partial charge >= 0.3 is 0 Å². The van der Waals surface area contributed by atoms with Crippen LogP contribution in [-0.4, -0.2) is 9.13 Å². The minimum Gasteiger partial charge on any atom is -0.310 e. The Morgan fingerprint density at radius 3 is 1.58 bits per heavy atom. The third-order valence-corrected chi connectivity index (χ3v) is 31.6. The maximum absolute atomic E-state index is 2.66. The van der Waals surface area contributed by atoms with Crippen LogP contribution in [0.3, 0.4) is 0 Å². The van der Waals surface area contributed by atoms with Gasteiger partial charge in [0.2, 0.25) is 0 Å². The molecule has 4 bridgehead atoms. The number of fused-ring (bicyclic) bond motifs is 14. The summed E-state index contributed by atoms with van der Waals surface area (Å²) in [5.74, 6) is 5.67. The molecule has 2 aromatic heterocycles. The van der Waals surface area contributed by atoms with Crippen molar-refractivity contribution in [1.29, 1.82) is 0 Å². The molecule has 18 aromatic rings. The molecule has 618 valence electrons. The molecule has 6 aliphatic carbocycles. The van der Waals surface area contributed by atoms with Crippen molar-refractivity contribution in [3.63, 3.8) is 0 Å². The molecule has 24 rings (SSSR count). The first-order valence-electron chi connectivity index (χ1n) is 46.7. The molecule has 5 saturated carbocycles. The summed E-state index contributed by atoms with van der Waals surface area (Å²) in [7, 11) is 0. The van der Waals surface area contributed by atoms with Gasteiger partial charge < -0.3 is 18.9 Å². The Bertz CT molecular complexity index is 7180. The van der Waals surface area contributed by atoms with Crippen molar-refractivity contribution in [2.45, 2.75) is 135 Å². The van der Waals surface area contributed by atoms with Gasteiger partial charge in [0.05, 0.1) is 27.8 Å². The van der Waals surface area contributed by atoms with Gasteiger partial charge in [-0.1, -0.05) is 304 Å². The molecule has 0 amide bonds. The fourth-order valence-corrected chi connectivity index (χ4v) is 25.5. The molecule has 4 heteroatoms. The number of hydrogen-bond donors (Lipinski definition) is 0. The predicted molar refractivity (Wildman–Crippen MR) is 532 cm³/mol. The molecule has 5 fully saturated rings. The Morgan fingerprint density at radius 1 is 0.381 bits per heavy atom. The summed E-state index contributed by atoms with van der Waals surface area (Å²) < 4.78 is 4.89. The van der Waals surface area contributed by atoms with Crippen molar-refractivity contribution in [2.75, 3.05) is 9.80 Å². The van der Waals surface area contributed by atoms with Crippen LogP contribution in [0.2, 0.25) is 0 Å². The summed E-state index contributed by atoms with van der Waals surface area (Å²) in [5.41, 5.74) is 34.9. The van der Waals surface area contributed by atoms with E-state index < -0.39 is 0 Å². The van der Waals surface area contributed by atoms with Gasteiger partial charge in [-0.25, -0.2) is 0 Å². The van der Waals surface area contributed by atoms with E-state index in [4.69, 9.17) is 0 Å². The van der Waals surface area contributed by atoms with Crippen molar-refractivity contribution < 1.29 is 0 Å². The van der Waals surface area contributed by atoms with Crippen molar-refractivity contribution >= 4 is 88.5 Å². The highest BCUT2D eigenvalue weighted by molar-refractivity contribution is 6.16. The van der Waals surface area contributed by atoms with Crippen LogP contribution in [0.25, 0.3) is 110 Å². The second-order valence-electron chi connectivity index (χ2n) is 39.5. The Kier molecular flexibility index (Phi) is 18.9. The average Bonchev–Trinajstić information content (AvgIpc) is 0.906. The summed E-state index contributed by atoms with van der Waals surface area (Å²) in [6.07, 6.45) is 12.0. The van der Waals surface area contributed by atoms with E-state index in [1.807, 2.05) is 0 Å². The normalized spacial score (nSPS) is 20.1. The topological polar surface area (TPSA) is 16.3 Å². The molecule has 0 N–H and O–H groups in total. The van der Waals surface area contributed by atoms with Crippen LogP contribution in [0.15, 0.2) is 364 Å². The summed E-state index contributed by atoms with van der Waals surface area (Å²) in [4.78, 5) is 5.07. The fraction of sp³-hybridized carbons (Fsp3) is 0.230. The molecule has 0 saturated heterocycles. The fourth-order valence-electron chi connectivity index (χ4n) is 25.5. The molecular weight excluding hydrogens is 1520 g/mol. The van der Waals surface area contributed by atoms with Gasteiger partial charge in [-0.05, 0) is 315 Å². The predicted octanol–water partition coefficient (Wildman–Crippen LogP) is 33.2. The van der Waals surface area contributed by atoms with E-state index in [2.05, 4.69) is 438 Å². The molecule has 3 unspecified atom stereocenters. The minimum atomic E-state index is -0.212. The highest BCUT2D eigenvalue weighted by atomic mass is 15.2. The lowest BCUT2D eigenvalue weighted by atomic mass is 9.49. The van der Waals surface area contributed by atoms with Crippen LogP contribution in [-0.2, 0) is 16.2 Å². The van der Waals surface area contributed by atoms with Gasteiger partial charge in [0.1, 0.15) is 0 Å². The molecule has 4 nitrogen and oxygen atoms in total. The maximum atomic E-state index is 2.66. The van der Waals surface area contributed by atoms with Crippen molar-refractivity contribution in [1.82, 2.24) is 9.13 Å². The van der Waals surface area contributed by atoms with Gasteiger partial charge in [-0.2, -0.15) is 0 Å². The van der Waals surface area contributed by atoms with Crippen LogP contribution < -0.4 is 9.80 Å². The number of rotatable bonds is 17. The molecular formula is C122H110N4. The lowest BCUT2D eigenvalue weighted by molar-refractivity contribution is 0.130. The average molecular weight is 1630 g/mol. The molecule has 0 aliphatic heterocycles. The number of hydrogen-bond acceptors (Lipinski definition) is 2. The van der Waals surface area contributed by atoms with Crippen molar-refractivity contribution in [3.8, 4) is 55.9 Å². The zero-order valence-corrected chi connectivity index (χ0v) is 73.9. The molecule has 2 heterocycles. The third kappa shape index (κ3) is 12.9. The Balaban J connectivity index is 0.560. The van der Waals surface area contributed by atoms with E-state index in [1.54, 1.807) is 11.1 Å². The van der Waals surface area contributed by atoms with Crippen LogP contribution in [0.5, 0.6) is 0 Å². The largest absolute Gasteiger partial charge is 0.310 e. The van der Waals surface area contributed by atoms with Crippen molar-refractivity contribution in [2.24, 2.45) is 41.4 Å². The van der Waals surface area contributed by atoms with E-state index >= 15 is 0 Å². The van der Waals surface area contributed by atoms with Crippen LogP contribution in [0.4, 0.5) is 34.1 Å². The number of aromatic nitrogens is 2. The van der Waals surface area contributed by atoms with Gasteiger partial charge in [-0.3, -0.25) is 0 Å². The van der Waals surface area contributed by atoms with E-state index in [1.165, 1.54) is 207 Å². The van der Waals surface area contributed by atoms with Crippen LogP contribution in [0, 0.1) is 48.3 Å². The van der Waals surface area contributed by atoms with E-state index in [-0.39, 0.29) is 16.2 Å². The van der Waals surface area contributed by atoms with Crippen LogP contribution in [0.1, 0.15) is 157 Å². The first kappa shape index (κ1) is 77.8. The molecule has 126 heavy (non-hydrogen) atoms. The summed E-state index contributed by atoms with van der Waals surface area (Å²) in [6, 6.07) is 139. The summed E-state index contributed by atoms with van der Waals surface area (Å²) in [6.45, 7) is 19.8. The quantitative estimate of drug-likeness (QED) is 0.0903. The van der Waals surface area contributed by atoms with E-state index in [0.29, 0.717) is 17.8 Å². The smallest absolute Gasteiger partial charge is 0.0547 e. The lowest BCUT2D eigenvalue weighted by Crippen LogP contribution is -2.49. The number of aryl methyl sites for hydroxylation is 1. The second-order valence-corrected chi connectivity index (χ2v) is 39.5. The first-order chi connectivity index (χ1) is 61.6. The first-order valence-corrected chi connectivity index (χ1v) is 46.7. The summed E-state index contributed by atoms with van der Waals surface area (Å²) >= 11 is 0. The summed E-state index contributed by atoms with van der Waals surface area (Å²) in [5, 5.41) is 7.51. The maximum Gasteiger partial charge on any atom is 0.0547 e. The zero-order chi connectivity index (χ0) is 84.8. The lowest BCUT2D eigenvalue weighted by Gasteiger charge is -2.55. The second kappa shape index (κ2) is 30.7. The Hall–Kier alpha value is -13.0. The Labute approximate surface area is 743 Å². The van der Waals surface area contributed by atoms with E-state index in [9.17, 15) is 0 Å². The third-order valence-electron chi connectivity index (χ3n) is 31.6.